The molecule has 2 atom stereocenters. The van der Waals surface area contributed by atoms with E-state index in [0.29, 0.717) is 75.4 Å². The molecule has 0 amide bonds. The highest BCUT2D eigenvalue weighted by atomic mass is 16.6. The Bertz CT molecular complexity index is 1910. The molecule has 12 nitrogen and oxygen atoms in total. The van der Waals surface area contributed by atoms with Crippen LogP contribution in [0.1, 0.15) is 75.6 Å². The Hall–Kier alpha value is -5.46. The maximum atomic E-state index is 12.4. The summed E-state index contributed by atoms with van der Waals surface area (Å²) in [5.74, 6) is 3.17. The summed E-state index contributed by atoms with van der Waals surface area (Å²) in [5.41, 5.74) is 5.13. The second-order valence-corrected chi connectivity index (χ2v) is 14.4. The first kappa shape index (κ1) is 43.7. The van der Waals surface area contributed by atoms with Gasteiger partial charge in [0.25, 0.3) is 0 Å². The van der Waals surface area contributed by atoms with E-state index in [0.717, 1.165) is 45.2 Å². The van der Waals surface area contributed by atoms with Crippen LogP contribution in [0.3, 0.4) is 0 Å². The monoisotopic (exact) mass is 796 g/mol. The molecule has 0 aliphatic rings. The first-order valence-corrected chi connectivity index (χ1v) is 20.0. The van der Waals surface area contributed by atoms with Gasteiger partial charge in [0, 0.05) is 50.0 Å². The van der Waals surface area contributed by atoms with Crippen molar-refractivity contribution in [2.75, 3.05) is 26.4 Å². The van der Waals surface area contributed by atoms with Crippen LogP contribution in [-0.4, -0.2) is 72.7 Å². The van der Waals surface area contributed by atoms with Crippen molar-refractivity contribution in [3.63, 3.8) is 0 Å². The number of ether oxygens (including phenoxy) is 6. The average Bonchev–Trinajstić information content (AvgIpc) is 3.76. The topological polar surface area (TPSA) is 142 Å². The lowest BCUT2D eigenvalue weighted by Gasteiger charge is -2.18. The van der Waals surface area contributed by atoms with Crippen molar-refractivity contribution in [2.24, 2.45) is 0 Å². The van der Waals surface area contributed by atoms with E-state index < -0.39 is 12.2 Å². The molecule has 310 valence electrons. The van der Waals surface area contributed by atoms with Crippen LogP contribution >= 0.6 is 0 Å². The summed E-state index contributed by atoms with van der Waals surface area (Å²) in [5, 5.41) is 0. The second kappa shape index (κ2) is 21.3. The molecule has 0 radical (unpaired) electrons. The van der Waals surface area contributed by atoms with Gasteiger partial charge in [-0.25, -0.2) is 19.6 Å². The maximum Gasteiger partial charge on any atom is 0.335 e. The predicted molar refractivity (Wildman–Crippen MR) is 219 cm³/mol. The summed E-state index contributed by atoms with van der Waals surface area (Å²) in [6.07, 6.45) is 0.246. The van der Waals surface area contributed by atoms with E-state index >= 15 is 0 Å². The van der Waals surface area contributed by atoms with Crippen molar-refractivity contribution < 1.29 is 46.8 Å². The fraction of sp³-hybridized carbons (Fsp3) is 0.435. The van der Waals surface area contributed by atoms with Crippen molar-refractivity contribution >= 4 is 11.9 Å². The average molecular weight is 797 g/mol. The van der Waals surface area contributed by atoms with Gasteiger partial charge < -0.3 is 37.3 Å². The molecule has 0 bridgehead atoms. The Kier molecular flexibility index (Phi) is 16.1. The molecule has 0 saturated carbocycles. The molecule has 0 fully saturated rings. The third kappa shape index (κ3) is 12.8. The van der Waals surface area contributed by atoms with Crippen LogP contribution in [0.15, 0.2) is 81.6 Å². The number of carbonyl (C=O) groups is 2. The van der Waals surface area contributed by atoms with Crippen LogP contribution < -0.4 is 9.47 Å². The van der Waals surface area contributed by atoms with Crippen LogP contribution in [0.4, 0.5) is 0 Å². The maximum absolute atomic E-state index is 12.4. The molecule has 5 aromatic rings. The summed E-state index contributed by atoms with van der Waals surface area (Å²) >= 11 is 0. The molecule has 0 unspecified atom stereocenters. The summed E-state index contributed by atoms with van der Waals surface area (Å²) < 4.78 is 46.2. The minimum absolute atomic E-state index is 0.202. The Balaban J connectivity index is 1.12. The minimum atomic E-state index is -0.652. The van der Waals surface area contributed by atoms with E-state index in [-0.39, 0.29) is 24.1 Å². The summed E-state index contributed by atoms with van der Waals surface area (Å²) in [6.45, 7) is 16.5. The van der Waals surface area contributed by atoms with Gasteiger partial charge in [-0.15, -0.1) is 0 Å². The smallest absolute Gasteiger partial charge is 0.335 e. The fourth-order valence-corrected chi connectivity index (χ4v) is 6.19. The van der Waals surface area contributed by atoms with E-state index in [1.54, 1.807) is 0 Å². The van der Waals surface area contributed by atoms with E-state index in [4.69, 9.17) is 47.2 Å². The summed E-state index contributed by atoms with van der Waals surface area (Å²) in [7, 11) is 0. The van der Waals surface area contributed by atoms with Crippen LogP contribution in [-0.2, 0) is 54.2 Å². The molecule has 0 aliphatic carbocycles. The van der Waals surface area contributed by atoms with Gasteiger partial charge in [0.15, 0.2) is 12.2 Å². The van der Waals surface area contributed by atoms with E-state index in [2.05, 4.69) is 0 Å². The molecule has 0 N–H and O–H groups in total. The van der Waals surface area contributed by atoms with Gasteiger partial charge in [-0.05, 0) is 109 Å². The van der Waals surface area contributed by atoms with Crippen molar-refractivity contribution in [3.05, 3.63) is 107 Å². The van der Waals surface area contributed by atoms with Gasteiger partial charge in [-0.3, -0.25) is 0 Å². The predicted octanol–water partition coefficient (Wildman–Crippen LogP) is 8.65. The van der Waals surface area contributed by atoms with Gasteiger partial charge in [0.2, 0.25) is 11.8 Å². The lowest BCUT2D eigenvalue weighted by Crippen LogP contribution is -2.30. The van der Waals surface area contributed by atoms with Gasteiger partial charge in [0.1, 0.15) is 23.0 Å². The second-order valence-electron chi connectivity index (χ2n) is 14.4. The Morgan fingerprint density at radius 2 is 1.00 bits per heavy atom. The number of esters is 2. The number of aromatic nitrogens is 2. The lowest BCUT2D eigenvalue weighted by molar-refractivity contribution is -0.161. The van der Waals surface area contributed by atoms with Crippen molar-refractivity contribution in [1.29, 1.82) is 0 Å². The lowest BCUT2D eigenvalue weighted by atomic mass is 10.1. The van der Waals surface area contributed by atoms with Gasteiger partial charge in [0.05, 0.1) is 36.8 Å². The molecule has 3 aromatic carbocycles. The van der Waals surface area contributed by atoms with Gasteiger partial charge in [-0.2, -0.15) is 0 Å². The minimum Gasteiger partial charge on any atom is -0.493 e. The van der Waals surface area contributed by atoms with Crippen LogP contribution in [0.2, 0.25) is 0 Å². The van der Waals surface area contributed by atoms with Crippen molar-refractivity contribution in [1.82, 2.24) is 9.97 Å². The van der Waals surface area contributed by atoms with Crippen molar-refractivity contribution in [2.45, 2.75) is 105 Å². The molecule has 0 aliphatic heterocycles. The van der Waals surface area contributed by atoms with E-state index in [1.165, 1.54) is 0 Å². The quantitative estimate of drug-likeness (QED) is 0.0619. The highest BCUT2D eigenvalue weighted by molar-refractivity contribution is 5.75. The third-order valence-corrected chi connectivity index (χ3v) is 9.01. The number of nitrogens with zero attached hydrogens (tertiary/aromatic N) is 2. The number of hydrogen-bond donors (Lipinski definition) is 0. The summed E-state index contributed by atoms with van der Waals surface area (Å²) in [6, 6.07) is 23.0. The molecular formula is C46H56N2O10. The highest BCUT2D eigenvalue weighted by Crippen LogP contribution is 2.29. The molecule has 0 spiro atoms. The Labute approximate surface area is 341 Å². The normalized spacial score (nSPS) is 12.4. The highest BCUT2D eigenvalue weighted by Gasteiger charge is 2.23. The SMILES string of the molecule is CCO[C@@H](Cc1ccc(OCCc2nc(-c3cccc(-c4nc(CCOc5ccc(C[C@H](OCC)C(=O)OC(C)C)cc5)c(C)o4)c3)oc2C)cc1)C(=O)OC(C)C. The Morgan fingerprint density at radius 1 is 0.603 bits per heavy atom. The first-order valence-electron chi connectivity index (χ1n) is 20.0. The van der Waals surface area contributed by atoms with Crippen molar-refractivity contribution in [3.8, 4) is 34.4 Å². The fourth-order valence-electron chi connectivity index (χ4n) is 6.19. The molecule has 12 heteroatoms. The number of hydrogen-bond acceptors (Lipinski definition) is 12. The molecule has 2 heterocycles. The largest absolute Gasteiger partial charge is 0.493 e. The zero-order valence-electron chi connectivity index (χ0n) is 34.9. The number of carbonyl (C=O) groups excluding carboxylic acids is 2. The van der Waals surface area contributed by atoms with E-state index in [9.17, 15) is 9.59 Å². The number of aryl methyl sites for hydroxylation is 2. The number of oxazole rings is 2. The standard InChI is InChI=1S/C46H56N2O10/c1-9-51-41(45(49)55-29(3)4)26-33-14-18-37(19-15-33)53-24-22-39-31(7)57-43(47-39)35-12-11-13-36(28-35)44-48-40(32(8)58-44)23-25-54-38-20-16-34(17-21-38)27-42(52-10-2)46(50)56-30(5)6/h11-21,28-30,41-42H,9-10,22-27H2,1-8H3/t41-,42-/m0/s1. The van der Waals surface area contributed by atoms with Crippen LogP contribution in [0.25, 0.3) is 22.9 Å². The van der Waals surface area contributed by atoms with Crippen LogP contribution in [0, 0.1) is 13.8 Å². The zero-order valence-corrected chi connectivity index (χ0v) is 34.9. The van der Waals surface area contributed by atoms with Gasteiger partial charge >= 0.3 is 11.9 Å². The molecule has 0 saturated heterocycles. The summed E-state index contributed by atoms with van der Waals surface area (Å²) in [4.78, 5) is 34.4. The number of rotatable bonds is 22. The number of benzene rings is 3. The van der Waals surface area contributed by atoms with E-state index in [1.807, 2.05) is 128 Å². The molecule has 5 rings (SSSR count). The first-order chi connectivity index (χ1) is 27.9. The zero-order chi connectivity index (χ0) is 41.6. The molecular weight excluding hydrogens is 741 g/mol. The molecule has 58 heavy (non-hydrogen) atoms. The Morgan fingerprint density at radius 3 is 1.36 bits per heavy atom. The van der Waals surface area contributed by atoms with Gasteiger partial charge in [-0.1, -0.05) is 30.3 Å². The third-order valence-electron chi connectivity index (χ3n) is 9.01. The van der Waals surface area contributed by atoms with Crippen LogP contribution in [0.5, 0.6) is 11.5 Å². The molecule has 2 aromatic heterocycles.